The fraction of sp³-hybridized carbons (Fsp3) is 0.455. The molecule has 0 saturated heterocycles. The number of hydrogen-bond acceptors (Lipinski definition) is 1. The highest BCUT2D eigenvalue weighted by molar-refractivity contribution is 5.85. The molecule has 1 nitrogen and oxygen atoms in total. The van der Waals surface area contributed by atoms with Crippen LogP contribution in [0.2, 0.25) is 0 Å². The summed E-state index contributed by atoms with van der Waals surface area (Å²) in [7, 11) is 0. The molecule has 0 aliphatic rings. The van der Waals surface area contributed by atoms with E-state index >= 15 is 0 Å². The largest absolute Gasteiger partial charge is 0.324 e. The highest BCUT2D eigenvalue weighted by Crippen LogP contribution is 2.23. The van der Waals surface area contributed by atoms with Crippen molar-refractivity contribution in [2.75, 3.05) is 0 Å². The summed E-state index contributed by atoms with van der Waals surface area (Å²) >= 11 is 0. The number of benzene rings is 1. The van der Waals surface area contributed by atoms with Crippen LogP contribution in [0.3, 0.4) is 0 Å². The van der Waals surface area contributed by atoms with Gasteiger partial charge in [0, 0.05) is 12.1 Å². The molecule has 0 saturated carbocycles. The first-order valence-corrected chi connectivity index (χ1v) is 4.76. The van der Waals surface area contributed by atoms with Gasteiger partial charge in [0.2, 0.25) is 0 Å². The summed E-state index contributed by atoms with van der Waals surface area (Å²) in [4.78, 5) is 0. The van der Waals surface area contributed by atoms with Crippen molar-refractivity contribution in [3.05, 3.63) is 35.4 Å². The van der Waals surface area contributed by atoms with Gasteiger partial charge in [-0.1, -0.05) is 20.3 Å². The number of halogens is 3. The van der Waals surface area contributed by atoms with Crippen LogP contribution in [0.5, 0.6) is 0 Å². The lowest BCUT2D eigenvalue weighted by atomic mass is 9.93. The summed E-state index contributed by atoms with van der Waals surface area (Å²) in [6, 6.07) is 3.14. The lowest BCUT2D eigenvalue weighted by molar-refractivity contribution is 0.451. The van der Waals surface area contributed by atoms with Crippen molar-refractivity contribution in [1.29, 1.82) is 0 Å². The van der Waals surface area contributed by atoms with Gasteiger partial charge in [-0.3, -0.25) is 0 Å². The summed E-state index contributed by atoms with van der Waals surface area (Å²) in [5, 5.41) is 0. The highest BCUT2D eigenvalue weighted by Gasteiger charge is 2.14. The summed E-state index contributed by atoms with van der Waals surface area (Å²) in [5.74, 6) is -0.922. The Bertz CT molecular complexity index is 297. The van der Waals surface area contributed by atoms with E-state index in [9.17, 15) is 8.78 Å². The average molecular weight is 236 g/mol. The molecule has 1 aromatic rings. The van der Waals surface area contributed by atoms with Crippen molar-refractivity contribution in [2.45, 2.75) is 26.3 Å². The lowest BCUT2D eigenvalue weighted by Crippen LogP contribution is -2.18. The van der Waals surface area contributed by atoms with Crippen molar-refractivity contribution in [3.63, 3.8) is 0 Å². The predicted octanol–water partition coefficient (Wildman–Crippen LogP) is 3.43. The third-order valence-electron chi connectivity index (χ3n) is 2.53. The van der Waals surface area contributed by atoms with Gasteiger partial charge in [0.15, 0.2) is 0 Å². The molecule has 1 aromatic carbocycles. The summed E-state index contributed by atoms with van der Waals surface area (Å²) in [5.41, 5.74) is 6.38. The maximum atomic E-state index is 12.9. The minimum absolute atomic E-state index is 0. The summed E-state index contributed by atoms with van der Waals surface area (Å²) in [6.07, 6.45) is 0.888. The van der Waals surface area contributed by atoms with Gasteiger partial charge in [0.1, 0.15) is 11.6 Å². The molecule has 0 aromatic heterocycles. The maximum absolute atomic E-state index is 12.9. The van der Waals surface area contributed by atoms with Crippen LogP contribution in [-0.2, 0) is 0 Å². The lowest BCUT2D eigenvalue weighted by Gasteiger charge is -2.18. The van der Waals surface area contributed by atoms with Gasteiger partial charge >= 0.3 is 0 Å². The fourth-order valence-corrected chi connectivity index (χ4v) is 1.35. The zero-order chi connectivity index (χ0) is 10.7. The molecular formula is C11H16ClF2N. The highest BCUT2D eigenvalue weighted by atomic mass is 35.5. The molecule has 2 atom stereocenters. The fourth-order valence-electron chi connectivity index (χ4n) is 1.35. The van der Waals surface area contributed by atoms with Gasteiger partial charge < -0.3 is 5.73 Å². The zero-order valence-corrected chi connectivity index (χ0v) is 9.65. The number of nitrogens with two attached hydrogens (primary N) is 1. The molecule has 1 rings (SSSR count). The van der Waals surface area contributed by atoms with Gasteiger partial charge in [-0.25, -0.2) is 8.78 Å². The third kappa shape index (κ3) is 3.76. The van der Waals surface area contributed by atoms with E-state index < -0.39 is 11.6 Å². The van der Waals surface area contributed by atoms with Crippen LogP contribution in [0.4, 0.5) is 8.78 Å². The monoisotopic (exact) mass is 235 g/mol. The van der Waals surface area contributed by atoms with E-state index in [-0.39, 0.29) is 24.4 Å². The second-order valence-corrected chi connectivity index (χ2v) is 3.61. The first-order chi connectivity index (χ1) is 6.54. The Morgan fingerprint density at radius 3 is 2.07 bits per heavy atom. The van der Waals surface area contributed by atoms with Gasteiger partial charge in [-0.15, -0.1) is 12.4 Å². The molecule has 0 fully saturated rings. The van der Waals surface area contributed by atoms with E-state index in [1.54, 1.807) is 0 Å². The molecule has 0 spiro atoms. The average Bonchev–Trinajstić information content (AvgIpc) is 2.14. The van der Waals surface area contributed by atoms with Gasteiger partial charge in [-0.05, 0) is 23.6 Å². The van der Waals surface area contributed by atoms with Crippen LogP contribution < -0.4 is 5.73 Å². The Labute approximate surface area is 95.1 Å². The third-order valence-corrected chi connectivity index (χ3v) is 2.53. The quantitative estimate of drug-likeness (QED) is 0.854. The molecule has 0 amide bonds. The molecule has 1 unspecified atom stereocenters. The van der Waals surface area contributed by atoms with Gasteiger partial charge in [0.05, 0.1) is 0 Å². The molecule has 15 heavy (non-hydrogen) atoms. The molecule has 4 heteroatoms. The molecule has 0 aliphatic carbocycles. The smallest absolute Gasteiger partial charge is 0.126 e. The molecule has 0 aliphatic heterocycles. The second kappa shape index (κ2) is 6.03. The van der Waals surface area contributed by atoms with Crippen LogP contribution in [0, 0.1) is 17.6 Å². The minimum atomic E-state index is -0.571. The number of hydrogen-bond donors (Lipinski definition) is 1. The summed E-state index contributed by atoms with van der Waals surface area (Å²) in [6.45, 7) is 3.97. The molecule has 86 valence electrons. The summed E-state index contributed by atoms with van der Waals surface area (Å²) < 4.78 is 25.7. The van der Waals surface area contributed by atoms with Crippen LogP contribution in [-0.4, -0.2) is 0 Å². The van der Waals surface area contributed by atoms with E-state index in [0.29, 0.717) is 5.56 Å². The number of rotatable bonds is 3. The van der Waals surface area contributed by atoms with Crippen molar-refractivity contribution in [2.24, 2.45) is 11.7 Å². The van der Waals surface area contributed by atoms with E-state index in [4.69, 9.17) is 5.73 Å². The molecule has 0 heterocycles. The van der Waals surface area contributed by atoms with Crippen LogP contribution in [0.15, 0.2) is 18.2 Å². The normalized spacial score (nSPS) is 14.2. The minimum Gasteiger partial charge on any atom is -0.324 e. The Hall–Kier alpha value is -0.670. The van der Waals surface area contributed by atoms with Gasteiger partial charge in [0.25, 0.3) is 0 Å². The maximum Gasteiger partial charge on any atom is 0.126 e. The Balaban J connectivity index is 0.00000196. The zero-order valence-electron chi connectivity index (χ0n) is 8.84. The Morgan fingerprint density at radius 1 is 1.20 bits per heavy atom. The van der Waals surface area contributed by atoms with Crippen molar-refractivity contribution in [3.8, 4) is 0 Å². The van der Waals surface area contributed by atoms with Crippen LogP contribution >= 0.6 is 12.4 Å². The first-order valence-electron chi connectivity index (χ1n) is 4.76. The molecule has 2 N–H and O–H groups in total. The van der Waals surface area contributed by atoms with Crippen molar-refractivity contribution in [1.82, 2.24) is 0 Å². The van der Waals surface area contributed by atoms with Crippen LogP contribution in [0.25, 0.3) is 0 Å². The Morgan fingerprint density at radius 2 is 1.67 bits per heavy atom. The van der Waals surface area contributed by atoms with Crippen LogP contribution in [0.1, 0.15) is 31.9 Å². The molecule has 0 bridgehead atoms. The first kappa shape index (κ1) is 14.3. The topological polar surface area (TPSA) is 26.0 Å². The molecule has 0 radical (unpaired) electrons. The Kier molecular flexibility index (Phi) is 5.76. The van der Waals surface area contributed by atoms with E-state index in [2.05, 4.69) is 0 Å². The van der Waals surface area contributed by atoms with Gasteiger partial charge in [-0.2, -0.15) is 0 Å². The second-order valence-electron chi connectivity index (χ2n) is 3.61. The van der Waals surface area contributed by atoms with Crippen molar-refractivity contribution >= 4 is 12.4 Å². The van der Waals surface area contributed by atoms with E-state index in [1.165, 1.54) is 12.1 Å². The SMILES string of the molecule is CCC(C)[C@H](N)c1cc(F)cc(F)c1.Cl. The van der Waals surface area contributed by atoms with E-state index in [1.807, 2.05) is 13.8 Å². The van der Waals surface area contributed by atoms with Crippen molar-refractivity contribution < 1.29 is 8.78 Å². The molecular weight excluding hydrogens is 220 g/mol. The van der Waals surface area contributed by atoms with E-state index in [0.717, 1.165) is 12.5 Å². The standard InChI is InChI=1S/C11H15F2N.ClH/c1-3-7(2)11(14)8-4-9(12)6-10(13)5-8;/h4-7,11H,3,14H2,1-2H3;1H/t7?,11-;/m0./s1. The predicted molar refractivity (Wildman–Crippen MR) is 60.0 cm³/mol.